The molecular weight excluding hydrogens is 350 g/mol. The van der Waals surface area contributed by atoms with Crippen molar-refractivity contribution in [2.24, 2.45) is 11.5 Å². The van der Waals surface area contributed by atoms with Gasteiger partial charge in [-0.2, -0.15) is 0 Å². The van der Waals surface area contributed by atoms with Gasteiger partial charge in [-0.25, -0.2) is 4.79 Å². The van der Waals surface area contributed by atoms with E-state index >= 15 is 0 Å². The number of carbonyl (C=O) groups is 3. The molecule has 1 aliphatic rings. The van der Waals surface area contributed by atoms with Crippen molar-refractivity contribution in [3.63, 3.8) is 0 Å². The summed E-state index contributed by atoms with van der Waals surface area (Å²) in [5.41, 5.74) is 12.6. The van der Waals surface area contributed by atoms with Gasteiger partial charge in [-0.1, -0.05) is 30.3 Å². The standard InChI is InChI=1S/C19H27N3O5/c20-14(17(23)22-11-5-10-16(22)18(24)25)8-4-9-15(21)19(26)27-12-13-6-2-1-3-7-13/h1-3,6-7,14-16H,4-5,8-12,20-21H2,(H,24,25)/t14-,15?,16-/m0/s1. The fraction of sp³-hybridized carbons (Fsp3) is 0.526. The van der Waals surface area contributed by atoms with Crippen LogP contribution in [0, 0.1) is 0 Å². The van der Waals surface area contributed by atoms with E-state index in [0.717, 1.165) is 5.56 Å². The number of carboxylic acid groups (broad SMARTS) is 1. The van der Waals surface area contributed by atoms with Gasteiger partial charge < -0.3 is 26.2 Å². The molecule has 8 heteroatoms. The Balaban J connectivity index is 1.70. The van der Waals surface area contributed by atoms with Gasteiger partial charge in [-0.3, -0.25) is 9.59 Å². The zero-order valence-electron chi connectivity index (χ0n) is 15.3. The van der Waals surface area contributed by atoms with E-state index in [0.29, 0.717) is 38.6 Å². The van der Waals surface area contributed by atoms with E-state index in [9.17, 15) is 14.4 Å². The number of amides is 1. The van der Waals surface area contributed by atoms with Crippen molar-refractivity contribution < 1.29 is 24.2 Å². The van der Waals surface area contributed by atoms with Crippen molar-refractivity contribution in [1.82, 2.24) is 4.90 Å². The fourth-order valence-electron chi connectivity index (χ4n) is 3.13. The number of nitrogens with two attached hydrogens (primary N) is 2. The first-order valence-electron chi connectivity index (χ1n) is 9.15. The first-order chi connectivity index (χ1) is 12.9. The van der Waals surface area contributed by atoms with Gasteiger partial charge in [0.25, 0.3) is 0 Å². The lowest BCUT2D eigenvalue weighted by molar-refractivity contribution is -0.149. The molecule has 0 aliphatic carbocycles. The maximum absolute atomic E-state index is 12.3. The van der Waals surface area contributed by atoms with Crippen molar-refractivity contribution in [2.45, 2.75) is 56.8 Å². The number of carboxylic acids is 1. The van der Waals surface area contributed by atoms with Crippen LogP contribution in [0.25, 0.3) is 0 Å². The van der Waals surface area contributed by atoms with E-state index in [4.69, 9.17) is 21.3 Å². The Morgan fingerprint density at radius 2 is 1.81 bits per heavy atom. The molecule has 0 aromatic heterocycles. The minimum Gasteiger partial charge on any atom is -0.480 e. The Hall–Kier alpha value is -2.45. The summed E-state index contributed by atoms with van der Waals surface area (Å²) in [5, 5.41) is 9.15. The van der Waals surface area contributed by atoms with Crippen molar-refractivity contribution in [2.75, 3.05) is 6.54 Å². The molecule has 0 saturated carbocycles. The lowest BCUT2D eigenvalue weighted by Gasteiger charge is -2.24. The van der Waals surface area contributed by atoms with Crippen LogP contribution in [-0.2, 0) is 25.7 Å². The predicted molar refractivity (Wildman–Crippen MR) is 98.4 cm³/mol. The summed E-state index contributed by atoms with van der Waals surface area (Å²) in [5.74, 6) is -1.86. The molecule has 0 spiro atoms. The lowest BCUT2D eigenvalue weighted by atomic mass is 10.0. The van der Waals surface area contributed by atoms with E-state index in [1.165, 1.54) is 4.90 Å². The fourth-order valence-corrected chi connectivity index (χ4v) is 3.13. The monoisotopic (exact) mass is 377 g/mol. The molecule has 1 unspecified atom stereocenters. The van der Waals surface area contributed by atoms with Crippen molar-refractivity contribution in [3.05, 3.63) is 35.9 Å². The molecular formula is C19H27N3O5. The third kappa shape index (κ3) is 6.04. The van der Waals surface area contributed by atoms with Crippen molar-refractivity contribution >= 4 is 17.8 Å². The summed E-state index contributed by atoms with van der Waals surface area (Å²) < 4.78 is 5.18. The van der Waals surface area contributed by atoms with Crippen LogP contribution in [0.1, 0.15) is 37.7 Å². The highest BCUT2D eigenvalue weighted by atomic mass is 16.5. The number of carbonyl (C=O) groups excluding carboxylic acids is 2. The largest absolute Gasteiger partial charge is 0.480 e. The van der Waals surface area contributed by atoms with Gasteiger partial charge in [-0.15, -0.1) is 0 Å². The normalized spacial score (nSPS) is 18.7. The molecule has 1 heterocycles. The molecule has 5 N–H and O–H groups in total. The Bertz CT molecular complexity index is 652. The molecule has 8 nitrogen and oxygen atoms in total. The van der Waals surface area contributed by atoms with Gasteiger partial charge in [-0.05, 0) is 37.7 Å². The van der Waals surface area contributed by atoms with Crippen molar-refractivity contribution in [3.8, 4) is 0 Å². The van der Waals surface area contributed by atoms with E-state index in [2.05, 4.69) is 0 Å². The van der Waals surface area contributed by atoms with Gasteiger partial charge in [0.15, 0.2) is 0 Å². The van der Waals surface area contributed by atoms with Crippen LogP contribution in [0.4, 0.5) is 0 Å². The summed E-state index contributed by atoms with van der Waals surface area (Å²) in [7, 11) is 0. The van der Waals surface area contributed by atoms with E-state index in [1.54, 1.807) is 0 Å². The average Bonchev–Trinajstić information content (AvgIpc) is 3.16. The second-order valence-electron chi connectivity index (χ2n) is 6.77. The highest BCUT2D eigenvalue weighted by molar-refractivity contribution is 5.87. The molecule has 1 aromatic rings. The molecule has 1 aliphatic heterocycles. The first-order valence-corrected chi connectivity index (χ1v) is 9.15. The van der Waals surface area contributed by atoms with Crippen LogP contribution in [0.2, 0.25) is 0 Å². The molecule has 148 valence electrons. The molecule has 1 fully saturated rings. The zero-order chi connectivity index (χ0) is 19.8. The molecule has 1 aromatic carbocycles. The summed E-state index contributed by atoms with van der Waals surface area (Å²) in [4.78, 5) is 36.8. The second kappa shape index (κ2) is 10.0. The molecule has 2 rings (SSSR count). The van der Waals surface area contributed by atoms with E-state index < -0.39 is 30.1 Å². The molecule has 0 bridgehead atoms. The summed E-state index contributed by atoms with van der Waals surface area (Å²) >= 11 is 0. The molecule has 1 saturated heterocycles. The minimum absolute atomic E-state index is 0.164. The number of likely N-dealkylation sites (tertiary alicyclic amines) is 1. The summed E-state index contributed by atoms with van der Waals surface area (Å²) in [6, 6.07) is 6.93. The number of aliphatic carboxylic acids is 1. The number of esters is 1. The molecule has 27 heavy (non-hydrogen) atoms. The third-order valence-electron chi connectivity index (χ3n) is 4.70. The maximum Gasteiger partial charge on any atom is 0.326 e. The first kappa shape index (κ1) is 20.9. The van der Waals surface area contributed by atoms with Crippen LogP contribution in [0.5, 0.6) is 0 Å². The highest BCUT2D eigenvalue weighted by Gasteiger charge is 2.35. The van der Waals surface area contributed by atoms with E-state index in [1.807, 2.05) is 30.3 Å². The smallest absolute Gasteiger partial charge is 0.326 e. The van der Waals surface area contributed by atoms with E-state index in [-0.39, 0.29) is 12.5 Å². The van der Waals surface area contributed by atoms with Gasteiger partial charge in [0.2, 0.25) is 5.91 Å². The van der Waals surface area contributed by atoms with Crippen LogP contribution in [0.3, 0.4) is 0 Å². The molecule has 0 radical (unpaired) electrons. The predicted octanol–water partition coefficient (Wildman–Crippen LogP) is 0.630. The number of hydrogen-bond donors (Lipinski definition) is 3. The van der Waals surface area contributed by atoms with Crippen LogP contribution in [-0.4, -0.2) is 52.5 Å². The number of ether oxygens (including phenoxy) is 1. The number of benzene rings is 1. The Morgan fingerprint density at radius 1 is 1.15 bits per heavy atom. The Kier molecular flexibility index (Phi) is 7.75. The third-order valence-corrected chi connectivity index (χ3v) is 4.70. The van der Waals surface area contributed by atoms with Gasteiger partial charge >= 0.3 is 11.9 Å². The second-order valence-corrected chi connectivity index (χ2v) is 6.77. The lowest BCUT2D eigenvalue weighted by Crippen LogP contribution is -2.48. The van der Waals surface area contributed by atoms with Gasteiger partial charge in [0, 0.05) is 6.54 Å². The van der Waals surface area contributed by atoms with Crippen molar-refractivity contribution in [1.29, 1.82) is 0 Å². The Morgan fingerprint density at radius 3 is 2.48 bits per heavy atom. The SMILES string of the molecule is NC(CCC[C@H](N)C(=O)N1CCC[C@H]1C(=O)O)C(=O)OCc1ccccc1. The van der Waals surface area contributed by atoms with Gasteiger partial charge in [0.1, 0.15) is 18.7 Å². The van der Waals surface area contributed by atoms with Gasteiger partial charge in [0.05, 0.1) is 6.04 Å². The zero-order valence-corrected chi connectivity index (χ0v) is 15.3. The number of rotatable bonds is 9. The Labute approximate surface area is 158 Å². The topological polar surface area (TPSA) is 136 Å². The average molecular weight is 377 g/mol. The number of hydrogen-bond acceptors (Lipinski definition) is 6. The highest BCUT2D eigenvalue weighted by Crippen LogP contribution is 2.19. The van der Waals surface area contributed by atoms with Crippen LogP contribution >= 0.6 is 0 Å². The number of nitrogens with zero attached hydrogens (tertiary/aromatic N) is 1. The summed E-state index contributed by atoms with van der Waals surface area (Å²) in [6.45, 7) is 0.575. The van der Waals surface area contributed by atoms with Crippen LogP contribution < -0.4 is 11.5 Å². The quantitative estimate of drug-likeness (QED) is 0.537. The maximum atomic E-state index is 12.3. The van der Waals surface area contributed by atoms with Crippen LogP contribution in [0.15, 0.2) is 30.3 Å². The summed E-state index contributed by atoms with van der Waals surface area (Å²) in [6.07, 6.45) is 2.26. The molecule has 1 amide bonds. The molecule has 3 atom stereocenters. The minimum atomic E-state index is -1.00.